The molecule has 1 heterocycles. The first-order valence-electron chi connectivity index (χ1n) is 5.84. The fourth-order valence-electron chi connectivity index (χ4n) is 1.95. The van der Waals surface area contributed by atoms with Crippen molar-refractivity contribution in [2.45, 2.75) is 0 Å². The number of ketones is 1. The Morgan fingerprint density at radius 3 is 2.70 bits per heavy atom. The minimum Gasteiger partial charge on any atom is -0.449 e. The maximum Gasteiger partial charge on any atom is 0.228 e. The van der Waals surface area contributed by atoms with Gasteiger partial charge in [-0.05, 0) is 46.3 Å². The number of nitrogens with two attached hydrogens (primary N) is 1. The van der Waals surface area contributed by atoms with Gasteiger partial charge in [0.25, 0.3) is 0 Å². The van der Waals surface area contributed by atoms with Gasteiger partial charge in [0.1, 0.15) is 0 Å². The molecule has 0 aliphatic carbocycles. The molecule has 0 bridgehead atoms. The second-order valence-electron chi connectivity index (χ2n) is 4.33. The highest BCUT2D eigenvalue weighted by Crippen LogP contribution is 2.26. The summed E-state index contributed by atoms with van der Waals surface area (Å²) >= 11 is 3.27. The molecule has 0 unspecified atom stereocenters. The molecule has 0 aliphatic rings. The Kier molecular flexibility index (Phi) is 3.06. The van der Waals surface area contributed by atoms with E-state index >= 15 is 0 Å². The summed E-state index contributed by atoms with van der Waals surface area (Å²) in [5.41, 5.74) is 6.73. The number of carbonyl (C=O) groups is 1. The number of anilines is 1. The van der Waals surface area contributed by atoms with Gasteiger partial charge >= 0.3 is 0 Å². The molecular formula is C15H9BrFNO2. The molecule has 0 aliphatic heterocycles. The van der Waals surface area contributed by atoms with Crippen molar-refractivity contribution in [1.29, 1.82) is 0 Å². The van der Waals surface area contributed by atoms with Crippen LogP contribution in [0.15, 0.2) is 51.4 Å². The van der Waals surface area contributed by atoms with E-state index in [2.05, 4.69) is 15.9 Å². The van der Waals surface area contributed by atoms with Gasteiger partial charge in [0, 0.05) is 21.1 Å². The molecule has 1 aromatic heterocycles. The minimum atomic E-state index is -0.486. The Labute approximate surface area is 122 Å². The number of fused-ring (bicyclic) bond motifs is 1. The van der Waals surface area contributed by atoms with Crippen molar-refractivity contribution < 1.29 is 13.6 Å². The van der Waals surface area contributed by atoms with Crippen LogP contribution in [0.2, 0.25) is 0 Å². The van der Waals surface area contributed by atoms with Crippen LogP contribution in [0.4, 0.5) is 10.1 Å². The zero-order valence-electron chi connectivity index (χ0n) is 10.2. The highest BCUT2D eigenvalue weighted by atomic mass is 79.9. The number of hydrogen-bond donors (Lipinski definition) is 1. The second kappa shape index (κ2) is 4.76. The molecule has 0 radical (unpaired) electrons. The number of hydrogen-bond acceptors (Lipinski definition) is 3. The van der Waals surface area contributed by atoms with Gasteiger partial charge in [-0.15, -0.1) is 0 Å². The van der Waals surface area contributed by atoms with E-state index in [-0.39, 0.29) is 17.1 Å². The first-order chi connectivity index (χ1) is 9.56. The Balaban J connectivity index is 2.08. The van der Waals surface area contributed by atoms with E-state index in [1.165, 1.54) is 12.1 Å². The Bertz CT molecular complexity index is 826. The highest BCUT2D eigenvalue weighted by Gasteiger charge is 2.16. The van der Waals surface area contributed by atoms with E-state index in [1.54, 1.807) is 30.3 Å². The SMILES string of the molecule is Nc1ccc(C(=O)c2cc3cccc(F)c3o2)cc1Br. The second-order valence-corrected chi connectivity index (χ2v) is 5.19. The monoisotopic (exact) mass is 333 g/mol. The molecule has 0 atom stereocenters. The van der Waals surface area contributed by atoms with E-state index in [0.717, 1.165) is 0 Å². The van der Waals surface area contributed by atoms with Crippen LogP contribution in [-0.2, 0) is 0 Å². The summed E-state index contributed by atoms with van der Waals surface area (Å²) in [6, 6.07) is 10.9. The molecule has 0 saturated heterocycles. The van der Waals surface area contributed by atoms with Crippen molar-refractivity contribution in [3.63, 3.8) is 0 Å². The van der Waals surface area contributed by atoms with Crippen molar-refractivity contribution in [1.82, 2.24) is 0 Å². The third-order valence-electron chi connectivity index (χ3n) is 2.98. The Morgan fingerprint density at radius 1 is 1.20 bits per heavy atom. The number of rotatable bonds is 2. The van der Waals surface area contributed by atoms with Crippen LogP contribution in [0.3, 0.4) is 0 Å². The average Bonchev–Trinajstić information content (AvgIpc) is 2.86. The first-order valence-corrected chi connectivity index (χ1v) is 6.63. The van der Waals surface area contributed by atoms with Crippen LogP contribution >= 0.6 is 15.9 Å². The minimum absolute atomic E-state index is 0.0883. The maximum atomic E-state index is 13.6. The quantitative estimate of drug-likeness (QED) is 0.566. The van der Waals surface area contributed by atoms with Crippen LogP contribution in [0.1, 0.15) is 16.1 Å². The summed E-state index contributed by atoms with van der Waals surface area (Å²) in [7, 11) is 0. The molecule has 100 valence electrons. The summed E-state index contributed by atoms with van der Waals surface area (Å²) < 4.78 is 19.5. The third kappa shape index (κ3) is 2.10. The molecule has 3 rings (SSSR count). The number of halogens is 2. The lowest BCUT2D eigenvalue weighted by molar-refractivity contribution is 0.101. The number of nitrogen functional groups attached to an aromatic ring is 1. The fourth-order valence-corrected chi connectivity index (χ4v) is 2.33. The molecule has 3 aromatic rings. The predicted molar refractivity (Wildman–Crippen MR) is 78.2 cm³/mol. The smallest absolute Gasteiger partial charge is 0.228 e. The largest absolute Gasteiger partial charge is 0.449 e. The van der Waals surface area contributed by atoms with Gasteiger partial charge in [-0.3, -0.25) is 4.79 Å². The zero-order chi connectivity index (χ0) is 14.3. The van der Waals surface area contributed by atoms with E-state index in [9.17, 15) is 9.18 Å². The van der Waals surface area contributed by atoms with Gasteiger partial charge < -0.3 is 10.2 Å². The Morgan fingerprint density at radius 2 is 2.00 bits per heavy atom. The number of benzene rings is 2. The zero-order valence-corrected chi connectivity index (χ0v) is 11.8. The lowest BCUT2D eigenvalue weighted by atomic mass is 10.1. The molecule has 20 heavy (non-hydrogen) atoms. The van der Waals surface area contributed by atoms with E-state index in [0.29, 0.717) is 21.1 Å². The fraction of sp³-hybridized carbons (Fsp3) is 0. The molecule has 3 nitrogen and oxygen atoms in total. The summed E-state index contributed by atoms with van der Waals surface area (Å²) in [5.74, 6) is -0.705. The lowest BCUT2D eigenvalue weighted by Crippen LogP contribution is -2.00. The van der Waals surface area contributed by atoms with Crippen LogP contribution in [0, 0.1) is 5.82 Å². The number of furan rings is 1. The van der Waals surface area contributed by atoms with E-state index in [1.807, 2.05) is 0 Å². The van der Waals surface area contributed by atoms with Gasteiger partial charge in [0.15, 0.2) is 17.2 Å². The van der Waals surface area contributed by atoms with E-state index in [4.69, 9.17) is 10.2 Å². The number of carbonyl (C=O) groups excluding carboxylic acids is 1. The van der Waals surface area contributed by atoms with Gasteiger partial charge in [-0.1, -0.05) is 12.1 Å². The topological polar surface area (TPSA) is 56.2 Å². The van der Waals surface area contributed by atoms with E-state index < -0.39 is 5.82 Å². The normalized spacial score (nSPS) is 10.9. The summed E-state index contributed by atoms with van der Waals surface area (Å²) in [4.78, 5) is 12.3. The van der Waals surface area contributed by atoms with Crippen LogP contribution in [-0.4, -0.2) is 5.78 Å². The third-order valence-corrected chi connectivity index (χ3v) is 3.67. The van der Waals surface area contributed by atoms with Gasteiger partial charge in [-0.25, -0.2) is 4.39 Å². The molecule has 0 spiro atoms. The lowest BCUT2D eigenvalue weighted by Gasteiger charge is -2.01. The summed E-state index contributed by atoms with van der Waals surface area (Å²) in [6.45, 7) is 0. The van der Waals surface area contributed by atoms with Gasteiger partial charge in [0.2, 0.25) is 5.78 Å². The molecule has 0 saturated carbocycles. The van der Waals surface area contributed by atoms with Crippen molar-refractivity contribution in [2.75, 3.05) is 5.73 Å². The van der Waals surface area contributed by atoms with Gasteiger partial charge in [0.05, 0.1) is 0 Å². The first kappa shape index (κ1) is 12.9. The van der Waals surface area contributed by atoms with Crippen molar-refractivity contribution >= 4 is 38.4 Å². The van der Waals surface area contributed by atoms with Crippen molar-refractivity contribution in [3.05, 3.63) is 64.1 Å². The van der Waals surface area contributed by atoms with Crippen LogP contribution < -0.4 is 5.73 Å². The molecular weight excluding hydrogens is 325 g/mol. The molecule has 0 fully saturated rings. The summed E-state index contributed by atoms with van der Waals surface area (Å²) in [6.07, 6.45) is 0. The van der Waals surface area contributed by atoms with Crippen LogP contribution in [0.5, 0.6) is 0 Å². The van der Waals surface area contributed by atoms with Crippen molar-refractivity contribution in [3.8, 4) is 0 Å². The molecule has 2 aromatic carbocycles. The molecule has 5 heteroatoms. The standard InChI is InChI=1S/C15H9BrFNO2/c16-10-6-8(4-5-12(10)18)14(19)13-7-9-2-1-3-11(17)15(9)20-13/h1-7H,18H2. The maximum absolute atomic E-state index is 13.6. The average molecular weight is 334 g/mol. The van der Waals surface area contributed by atoms with Gasteiger partial charge in [-0.2, -0.15) is 0 Å². The van der Waals surface area contributed by atoms with Crippen molar-refractivity contribution in [2.24, 2.45) is 0 Å². The summed E-state index contributed by atoms with van der Waals surface area (Å²) in [5, 5.41) is 0.558. The Hall–Kier alpha value is -2.14. The van der Waals surface area contributed by atoms with Crippen LogP contribution in [0.25, 0.3) is 11.0 Å². The predicted octanol–water partition coefficient (Wildman–Crippen LogP) is 4.15. The molecule has 0 amide bonds. The molecule has 2 N–H and O–H groups in total. The highest BCUT2D eigenvalue weighted by molar-refractivity contribution is 9.10. The number of para-hydroxylation sites is 1.